The minimum absolute atomic E-state index is 0.146. The maximum atomic E-state index is 13.1. The molecule has 0 unspecified atom stereocenters. The SMILES string of the molecule is Cc1c(C(=O)NCCNC(=O)c2ccc(OCC(F)(F)F)nc2)c2ccccc2n1-c1ccccc1. The van der Waals surface area contributed by atoms with Gasteiger partial charge in [0.1, 0.15) is 0 Å². The predicted octanol–water partition coefficient (Wildman–Crippen LogP) is 4.43. The fourth-order valence-electron chi connectivity index (χ4n) is 3.86. The van der Waals surface area contributed by atoms with E-state index in [0.717, 1.165) is 28.5 Å². The number of rotatable bonds is 8. The largest absolute Gasteiger partial charge is 0.468 e. The van der Waals surface area contributed by atoms with E-state index in [4.69, 9.17) is 0 Å². The smallest absolute Gasteiger partial charge is 0.422 e. The Balaban J connectivity index is 1.36. The highest BCUT2D eigenvalue weighted by molar-refractivity contribution is 6.09. The van der Waals surface area contributed by atoms with Gasteiger partial charge in [-0.1, -0.05) is 36.4 Å². The highest BCUT2D eigenvalue weighted by Crippen LogP contribution is 2.29. The summed E-state index contributed by atoms with van der Waals surface area (Å²) in [5, 5.41) is 6.30. The number of hydrogen-bond donors (Lipinski definition) is 2. The number of hydrogen-bond acceptors (Lipinski definition) is 4. The van der Waals surface area contributed by atoms with E-state index in [1.807, 2.05) is 66.1 Å². The third-order valence-corrected chi connectivity index (χ3v) is 5.43. The number of amides is 2. The van der Waals surface area contributed by atoms with Gasteiger partial charge in [-0.3, -0.25) is 9.59 Å². The van der Waals surface area contributed by atoms with E-state index in [0.29, 0.717) is 5.56 Å². The van der Waals surface area contributed by atoms with Gasteiger partial charge < -0.3 is 19.9 Å². The lowest BCUT2D eigenvalue weighted by Gasteiger charge is -2.10. The van der Waals surface area contributed by atoms with Crippen molar-refractivity contribution in [3.8, 4) is 11.6 Å². The highest BCUT2D eigenvalue weighted by atomic mass is 19.4. The van der Waals surface area contributed by atoms with Gasteiger partial charge in [-0.15, -0.1) is 0 Å². The zero-order valence-corrected chi connectivity index (χ0v) is 19.3. The van der Waals surface area contributed by atoms with Gasteiger partial charge in [0.05, 0.1) is 16.6 Å². The molecule has 2 N–H and O–H groups in total. The van der Waals surface area contributed by atoms with Crippen molar-refractivity contribution in [1.29, 1.82) is 0 Å². The minimum Gasteiger partial charge on any atom is -0.468 e. The molecular formula is C26H23F3N4O3. The van der Waals surface area contributed by atoms with E-state index >= 15 is 0 Å². The lowest BCUT2D eigenvalue weighted by Crippen LogP contribution is -2.35. The molecule has 0 fully saturated rings. The van der Waals surface area contributed by atoms with Crippen molar-refractivity contribution >= 4 is 22.7 Å². The van der Waals surface area contributed by atoms with Gasteiger partial charge in [0.25, 0.3) is 11.8 Å². The van der Waals surface area contributed by atoms with Gasteiger partial charge >= 0.3 is 6.18 Å². The second-order valence-corrected chi connectivity index (χ2v) is 7.95. The zero-order valence-electron chi connectivity index (χ0n) is 19.3. The van der Waals surface area contributed by atoms with E-state index in [9.17, 15) is 22.8 Å². The molecular weight excluding hydrogens is 473 g/mol. The second kappa shape index (κ2) is 10.5. The lowest BCUT2D eigenvalue weighted by molar-refractivity contribution is -0.154. The molecule has 2 aromatic heterocycles. The first-order valence-electron chi connectivity index (χ1n) is 11.1. The monoisotopic (exact) mass is 496 g/mol. The molecule has 0 atom stereocenters. The van der Waals surface area contributed by atoms with E-state index in [2.05, 4.69) is 20.4 Å². The van der Waals surface area contributed by atoms with Gasteiger partial charge in [0.15, 0.2) is 6.61 Å². The summed E-state index contributed by atoms with van der Waals surface area (Å²) in [6.07, 6.45) is -3.35. The molecule has 10 heteroatoms. The van der Waals surface area contributed by atoms with Crippen LogP contribution in [0.4, 0.5) is 13.2 Å². The minimum atomic E-state index is -4.48. The number of pyridine rings is 1. The normalized spacial score (nSPS) is 11.3. The van der Waals surface area contributed by atoms with Crippen LogP contribution in [-0.2, 0) is 0 Å². The van der Waals surface area contributed by atoms with Crippen molar-refractivity contribution in [3.63, 3.8) is 0 Å². The van der Waals surface area contributed by atoms with Crippen LogP contribution in [0.1, 0.15) is 26.4 Å². The highest BCUT2D eigenvalue weighted by Gasteiger charge is 2.28. The number of benzene rings is 2. The van der Waals surface area contributed by atoms with Crippen molar-refractivity contribution < 1.29 is 27.5 Å². The number of nitrogens with one attached hydrogen (secondary N) is 2. The fourth-order valence-corrected chi connectivity index (χ4v) is 3.86. The summed E-state index contributed by atoms with van der Waals surface area (Å²) in [5.74, 6) is -0.974. The van der Waals surface area contributed by atoms with Crippen molar-refractivity contribution in [2.24, 2.45) is 0 Å². The van der Waals surface area contributed by atoms with Crippen molar-refractivity contribution in [1.82, 2.24) is 20.2 Å². The summed E-state index contributed by atoms with van der Waals surface area (Å²) in [4.78, 5) is 29.1. The number of halogens is 3. The maximum Gasteiger partial charge on any atom is 0.422 e. The van der Waals surface area contributed by atoms with Gasteiger partial charge in [0, 0.05) is 42.1 Å². The number of para-hydroxylation sites is 2. The molecule has 0 radical (unpaired) electrons. The van der Waals surface area contributed by atoms with Gasteiger partial charge in [-0.25, -0.2) is 4.98 Å². The first-order valence-corrected chi connectivity index (χ1v) is 11.1. The number of aromatic nitrogens is 2. The van der Waals surface area contributed by atoms with Crippen LogP contribution < -0.4 is 15.4 Å². The van der Waals surface area contributed by atoms with E-state index in [1.54, 1.807) is 0 Å². The fraction of sp³-hybridized carbons (Fsp3) is 0.192. The molecule has 4 rings (SSSR count). The molecule has 0 saturated heterocycles. The zero-order chi connectivity index (χ0) is 25.7. The van der Waals surface area contributed by atoms with Crippen LogP contribution in [0.2, 0.25) is 0 Å². The molecule has 2 amide bonds. The third kappa shape index (κ3) is 5.65. The van der Waals surface area contributed by atoms with Gasteiger partial charge in [-0.2, -0.15) is 13.2 Å². The standard InChI is InChI=1S/C26H23F3N4O3/c1-17-23(20-9-5-6-10-21(20)33(17)19-7-3-2-4-8-19)25(35)31-14-13-30-24(34)18-11-12-22(32-15-18)36-16-26(27,28)29/h2-12,15H,13-14,16H2,1H3,(H,30,34)(H,31,35). The quantitative estimate of drug-likeness (QED) is 0.354. The summed E-state index contributed by atoms with van der Waals surface area (Å²) in [6, 6.07) is 19.9. The Morgan fingerprint density at radius 1 is 0.917 bits per heavy atom. The Kier molecular flexibility index (Phi) is 7.23. The van der Waals surface area contributed by atoms with Crippen LogP contribution >= 0.6 is 0 Å². The molecule has 2 aromatic carbocycles. The lowest BCUT2D eigenvalue weighted by atomic mass is 10.1. The molecule has 4 aromatic rings. The maximum absolute atomic E-state index is 13.1. The molecule has 36 heavy (non-hydrogen) atoms. The van der Waals surface area contributed by atoms with Crippen LogP contribution in [0.5, 0.6) is 5.88 Å². The summed E-state index contributed by atoms with van der Waals surface area (Å²) in [7, 11) is 0. The summed E-state index contributed by atoms with van der Waals surface area (Å²) < 4.78 is 43.2. The first kappa shape index (κ1) is 24.8. The molecule has 7 nitrogen and oxygen atoms in total. The predicted molar refractivity (Wildman–Crippen MR) is 128 cm³/mol. The Morgan fingerprint density at radius 2 is 1.58 bits per heavy atom. The molecule has 0 bridgehead atoms. The third-order valence-electron chi connectivity index (χ3n) is 5.43. The average Bonchev–Trinajstić information content (AvgIpc) is 3.17. The molecule has 0 aliphatic rings. The van der Waals surface area contributed by atoms with Crippen molar-refractivity contribution in [2.75, 3.05) is 19.7 Å². The molecule has 0 aliphatic heterocycles. The molecule has 186 valence electrons. The number of alkyl halides is 3. The Bertz CT molecular complexity index is 1370. The van der Waals surface area contributed by atoms with Crippen LogP contribution in [0.15, 0.2) is 72.9 Å². The molecule has 0 saturated carbocycles. The summed E-state index contributed by atoms with van der Waals surface area (Å²) in [6.45, 7) is 0.746. The summed E-state index contributed by atoms with van der Waals surface area (Å²) >= 11 is 0. The number of fused-ring (bicyclic) bond motifs is 1. The molecule has 2 heterocycles. The Labute approximate surface area is 204 Å². The van der Waals surface area contributed by atoms with Crippen LogP contribution in [0, 0.1) is 6.92 Å². The number of carbonyl (C=O) groups is 2. The van der Waals surface area contributed by atoms with Crippen LogP contribution in [-0.4, -0.2) is 47.2 Å². The van der Waals surface area contributed by atoms with Crippen LogP contribution in [0.25, 0.3) is 16.6 Å². The van der Waals surface area contributed by atoms with Gasteiger partial charge in [0.2, 0.25) is 5.88 Å². The second-order valence-electron chi connectivity index (χ2n) is 7.95. The summed E-state index contributed by atoms with van der Waals surface area (Å²) in [5.41, 5.74) is 3.36. The van der Waals surface area contributed by atoms with E-state index in [1.165, 1.54) is 12.1 Å². The number of nitrogens with zero attached hydrogens (tertiary/aromatic N) is 2. The van der Waals surface area contributed by atoms with E-state index in [-0.39, 0.29) is 30.4 Å². The van der Waals surface area contributed by atoms with E-state index < -0.39 is 18.7 Å². The number of carbonyl (C=O) groups excluding carboxylic acids is 2. The van der Waals surface area contributed by atoms with Crippen molar-refractivity contribution in [3.05, 3.63) is 89.7 Å². The first-order chi connectivity index (χ1) is 17.2. The number of ether oxygens (including phenoxy) is 1. The Morgan fingerprint density at radius 3 is 2.25 bits per heavy atom. The molecule has 0 aliphatic carbocycles. The topological polar surface area (TPSA) is 85.2 Å². The van der Waals surface area contributed by atoms with Gasteiger partial charge in [-0.05, 0) is 31.2 Å². The molecule has 0 spiro atoms. The van der Waals surface area contributed by atoms with Crippen molar-refractivity contribution in [2.45, 2.75) is 13.1 Å². The average molecular weight is 496 g/mol. The van der Waals surface area contributed by atoms with Crippen LogP contribution in [0.3, 0.4) is 0 Å². The Hall–Kier alpha value is -4.34.